The molecule has 126 valence electrons. The van der Waals surface area contributed by atoms with Crippen LogP contribution in [0.15, 0.2) is 59.7 Å². The van der Waals surface area contributed by atoms with Crippen LogP contribution < -0.4 is 9.73 Å². The third kappa shape index (κ3) is 5.60. The number of carbonyl (C=O) groups excluding carboxylic acids is 1. The first-order valence-corrected chi connectivity index (χ1v) is 9.89. The number of amides is 1. The van der Waals surface area contributed by atoms with E-state index in [1.165, 1.54) is 6.21 Å². The number of hydrogen-bond acceptors (Lipinski definition) is 4. The van der Waals surface area contributed by atoms with Gasteiger partial charge in [-0.3, -0.25) is 9.10 Å². The molecule has 2 aromatic carbocycles. The van der Waals surface area contributed by atoms with E-state index >= 15 is 0 Å². The van der Waals surface area contributed by atoms with Gasteiger partial charge in [0, 0.05) is 3.57 Å². The van der Waals surface area contributed by atoms with Gasteiger partial charge in [0.1, 0.15) is 6.54 Å². The quantitative estimate of drug-likeness (QED) is 0.411. The Morgan fingerprint density at radius 3 is 2.38 bits per heavy atom. The molecular formula is C16H16IN3O3S. The molecule has 0 aromatic heterocycles. The van der Waals surface area contributed by atoms with Gasteiger partial charge in [-0.1, -0.05) is 30.3 Å². The second-order valence-corrected chi connectivity index (χ2v) is 8.10. The van der Waals surface area contributed by atoms with Crippen molar-refractivity contribution in [3.63, 3.8) is 0 Å². The Labute approximate surface area is 154 Å². The molecule has 1 amide bonds. The van der Waals surface area contributed by atoms with Gasteiger partial charge in [0.15, 0.2) is 0 Å². The minimum Gasteiger partial charge on any atom is -0.271 e. The zero-order valence-corrected chi connectivity index (χ0v) is 15.9. The van der Waals surface area contributed by atoms with Crippen LogP contribution in [0, 0.1) is 3.57 Å². The molecule has 2 rings (SSSR count). The van der Waals surface area contributed by atoms with Crippen molar-refractivity contribution in [2.24, 2.45) is 5.10 Å². The van der Waals surface area contributed by atoms with Crippen LogP contribution in [0.5, 0.6) is 0 Å². The summed E-state index contributed by atoms with van der Waals surface area (Å²) in [7, 11) is -3.58. The maximum absolute atomic E-state index is 12.0. The van der Waals surface area contributed by atoms with E-state index in [1.807, 2.05) is 30.3 Å². The fourth-order valence-electron chi connectivity index (χ4n) is 1.89. The van der Waals surface area contributed by atoms with Crippen molar-refractivity contribution in [3.05, 3.63) is 63.7 Å². The van der Waals surface area contributed by atoms with E-state index in [1.54, 1.807) is 24.3 Å². The molecule has 0 bridgehead atoms. The van der Waals surface area contributed by atoms with Gasteiger partial charge >= 0.3 is 0 Å². The van der Waals surface area contributed by atoms with Gasteiger partial charge in [-0.05, 0) is 52.4 Å². The molecule has 0 saturated heterocycles. The molecule has 0 aliphatic rings. The molecule has 0 atom stereocenters. The lowest BCUT2D eigenvalue weighted by molar-refractivity contribution is -0.119. The fraction of sp³-hybridized carbons (Fsp3) is 0.125. The summed E-state index contributed by atoms with van der Waals surface area (Å²) in [6.07, 6.45) is 2.55. The lowest BCUT2D eigenvalue weighted by atomic mass is 10.2. The van der Waals surface area contributed by atoms with Crippen molar-refractivity contribution in [2.75, 3.05) is 17.1 Å². The summed E-state index contributed by atoms with van der Waals surface area (Å²) in [6.45, 7) is -0.342. The first kappa shape index (κ1) is 18.4. The molecule has 8 heteroatoms. The van der Waals surface area contributed by atoms with Crippen molar-refractivity contribution in [1.82, 2.24) is 5.43 Å². The summed E-state index contributed by atoms with van der Waals surface area (Å²) in [5.41, 5.74) is 3.60. The van der Waals surface area contributed by atoms with Gasteiger partial charge in [-0.2, -0.15) is 5.10 Å². The van der Waals surface area contributed by atoms with Gasteiger partial charge in [0.2, 0.25) is 10.0 Å². The number of anilines is 1. The van der Waals surface area contributed by atoms with Crippen LogP contribution >= 0.6 is 22.6 Å². The second kappa shape index (κ2) is 8.25. The monoisotopic (exact) mass is 457 g/mol. The Morgan fingerprint density at radius 2 is 1.79 bits per heavy atom. The van der Waals surface area contributed by atoms with Crippen molar-refractivity contribution in [1.29, 1.82) is 0 Å². The minimum atomic E-state index is -3.58. The molecule has 0 aliphatic carbocycles. The third-order valence-corrected chi connectivity index (χ3v) is 4.86. The Bertz CT molecular complexity index is 821. The summed E-state index contributed by atoms with van der Waals surface area (Å²) >= 11 is 2.12. The van der Waals surface area contributed by atoms with Crippen molar-refractivity contribution in [3.8, 4) is 0 Å². The Kier molecular flexibility index (Phi) is 6.32. The number of rotatable bonds is 6. The van der Waals surface area contributed by atoms with Gasteiger partial charge in [0.05, 0.1) is 18.2 Å². The molecule has 0 fully saturated rings. The molecule has 1 N–H and O–H groups in total. The number of nitrogens with one attached hydrogen (secondary N) is 1. The molecule has 0 aliphatic heterocycles. The summed E-state index contributed by atoms with van der Waals surface area (Å²) in [4.78, 5) is 12.0. The standard InChI is InChI=1S/C16H16IN3O3S/c1-24(22,23)20(15-9-7-14(17)8-10-15)12-16(21)19-18-11-13-5-3-2-4-6-13/h2-11H,12H2,1H3,(H,19,21)/b18-11-. The zero-order valence-electron chi connectivity index (χ0n) is 12.9. The lowest BCUT2D eigenvalue weighted by Crippen LogP contribution is -2.39. The predicted octanol–water partition coefficient (Wildman–Crippen LogP) is 2.21. The first-order valence-electron chi connectivity index (χ1n) is 6.96. The largest absolute Gasteiger partial charge is 0.271 e. The zero-order chi connectivity index (χ0) is 17.6. The van der Waals surface area contributed by atoms with Crippen LogP contribution in [-0.4, -0.2) is 33.3 Å². The summed E-state index contributed by atoms with van der Waals surface area (Å²) in [5.74, 6) is -0.522. The molecule has 24 heavy (non-hydrogen) atoms. The Morgan fingerprint density at radius 1 is 1.17 bits per heavy atom. The molecule has 6 nitrogen and oxygen atoms in total. The SMILES string of the molecule is CS(=O)(=O)N(CC(=O)N/N=C\c1ccccc1)c1ccc(I)cc1. The average Bonchev–Trinajstić information content (AvgIpc) is 2.54. The number of benzene rings is 2. The molecule has 0 spiro atoms. The average molecular weight is 457 g/mol. The molecule has 0 radical (unpaired) electrons. The first-order chi connectivity index (χ1) is 11.4. The second-order valence-electron chi connectivity index (χ2n) is 4.95. The third-order valence-electron chi connectivity index (χ3n) is 3.00. The van der Waals surface area contributed by atoms with E-state index in [2.05, 4.69) is 33.1 Å². The number of sulfonamides is 1. The Hall–Kier alpha value is -1.94. The number of carbonyl (C=O) groups is 1. The van der Waals surface area contributed by atoms with E-state index in [4.69, 9.17) is 0 Å². The van der Waals surface area contributed by atoms with Crippen LogP contribution in [0.2, 0.25) is 0 Å². The van der Waals surface area contributed by atoms with Crippen molar-refractivity contribution < 1.29 is 13.2 Å². The summed E-state index contributed by atoms with van der Waals surface area (Å²) in [6, 6.07) is 16.1. The van der Waals surface area contributed by atoms with Gasteiger partial charge in [-0.25, -0.2) is 13.8 Å². The van der Waals surface area contributed by atoms with E-state index in [9.17, 15) is 13.2 Å². The Balaban J connectivity index is 2.05. The lowest BCUT2D eigenvalue weighted by Gasteiger charge is -2.21. The van der Waals surface area contributed by atoms with Crippen LogP contribution in [-0.2, 0) is 14.8 Å². The highest BCUT2D eigenvalue weighted by Crippen LogP contribution is 2.18. The van der Waals surface area contributed by atoms with Crippen LogP contribution in [0.25, 0.3) is 0 Å². The number of hydrazone groups is 1. The molecular weight excluding hydrogens is 441 g/mol. The summed E-state index contributed by atoms with van der Waals surface area (Å²) < 4.78 is 25.9. The maximum Gasteiger partial charge on any atom is 0.260 e. The van der Waals surface area contributed by atoms with E-state index < -0.39 is 15.9 Å². The molecule has 0 saturated carbocycles. The highest BCUT2D eigenvalue weighted by Gasteiger charge is 2.20. The number of nitrogens with zero attached hydrogens (tertiary/aromatic N) is 2. The van der Waals surface area contributed by atoms with Crippen molar-refractivity contribution in [2.45, 2.75) is 0 Å². The molecule has 0 unspecified atom stereocenters. The van der Waals surface area contributed by atoms with Crippen LogP contribution in [0.1, 0.15) is 5.56 Å². The van der Waals surface area contributed by atoms with E-state index in [0.717, 1.165) is 19.7 Å². The number of halogens is 1. The smallest absolute Gasteiger partial charge is 0.260 e. The van der Waals surface area contributed by atoms with Crippen molar-refractivity contribution >= 4 is 50.4 Å². The molecule has 2 aromatic rings. The van der Waals surface area contributed by atoms with Crippen LogP contribution in [0.4, 0.5) is 5.69 Å². The fourth-order valence-corrected chi connectivity index (χ4v) is 3.11. The summed E-state index contributed by atoms with van der Waals surface area (Å²) in [5, 5.41) is 3.84. The van der Waals surface area contributed by atoms with E-state index in [-0.39, 0.29) is 6.54 Å². The normalized spacial score (nSPS) is 11.4. The topological polar surface area (TPSA) is 78.8 Å². The number of hydrogen-bond donors (Lipinski definition) is 1. The predicted molar refractivity (Wildman–Crippen MR) is 104 cm³/mol. The van der Waals surface area contributed by atoms with Gasteiger partial charge in [0.25, 0.3) is 5.91 Å². The minimum absolute atomic E-state index is 0.342. The van der Waals surface area contributed by atoms with Crippen LogP contribution in [0.3, 0.4) is 0 Å². The van der Waals surface area contributed by atoms with E-state index in [0.29, 0.717) is 5.69 Å². The van der Waals surface area contributed by atoms with Gasteiger partial charge < -0.3 is 0 Å². The maximum atomic E-state index is 12.0. The molecule has 0 heterocycles. The highest BCUT2D eigenvalue weighted by atomic mass is 127. The highest BCUT2D eigenvalue weighted by molar-refractivity contribution is 14.1. The van der Waals surface area contributed by atoms with Gasteiger partial charge in [-0.15, -0.1) is 0 Å².